The van der Waals surface area contributed by atoms with E-state index in [1.165, 1.54) is 6.42 Å². The van der Waals surface area contributed by atoms with Gasteiger partial charge in [0.25, 0.3) is 0 Å². The Hall–Kier alpha value is -1.16. The van der Waals surface area contributed by atoms with E-state index in [1.54, 1.807) is 6.07 Å². The van der Waals surface area contributed by atoms with Crippen LogP contribution >= 0.6 is 11.6 Å². The Labute approximate surface area is 128 Å². The van der Waals surface area contributed by atoms with Gasteiger partial charge in [-0.05, 0) is 36.8 Å². The van der Waals surface area contributed by atoms with Crippen molar-refractivity contribution in [1.29, 1.82) is 0 Å². The molecule has 1 aromatic heterocycles. The molecular weight excluding hydrogens is 294 g/mol. The molecule has 1 aromatic carbocycles. The fraction of sp³-hybridized carbons (Fsp3) is 0.562. The Balaban J connectivity index is 2.12. The molecule has 0 spiro atoms. The van der Waals surface area contributed by atoms with Gasteiger partial charge in [-0.3, -0.25) is 0 Å². The molecule has 0 amide bonds. The molecular formula is C16H19ClF2N2. The van der Waals surface area contributed by atoms with Crippen molar-refractivity contribution >= 4 is 22.6 Å². The van der Waals surface area contributed by atoms with Crippen LogP contribution in [0.1, 0.15) is 38.4 Å². The van der Waals surface area contributed by atoms with Crippen LogP contribution in [0.2, 0.25) is 0 Å². The summed E-state index contributed by atoms with van der Waals surface area (Å²) in [4.78, 5) is 4.45. The maximum atomic E-state index is 14.2. The number of halogens is 3. The Bertz CT molecular complexity index is 656. The first kappa shape index (κ1) is 14.8. The molecule has 1 aliphatic rings. The average Bonchev–Trinajstić information content (AvgIpc) is 2.77. The molecule has 3 rings (SSSR count). The van der Waals surface area contributed by atoms with Gasteiger partial charge in [0.2, 0.25) is 0 Å². The van der Waals surface area contributed by atoms with Gasteiger partial charge in [-0.25, -0.2) is 13.8 Å². The van der Waals surface area contributed by atoms with Crippen molar-refractivity contribution in [2.24, 2.45) is 5.41 Å². The smallest absolute Gasteiger partial charge is 0.184 e. The van der Waals surface area contributed by atoms with Crippen LogP contribution in [0.15, 0.2) is 12.1 Å². The molecule has 0 saturated heterocycles. The highest BCUT2D eigenvalue weighted by atomic mass is 35.5. The van der Waals surface area contributed by atoms with Crippen LogP contribution < -0.4 is 0 Å². The number of aryl methyl sites for hydroxylation is 1. The van der Waals surface area contributed by atoms with Gasteiger partial charge in [-0.1, -0.05) is 13.3 Å². The van der Waals surface area contributed by atoms with Crippen LogP contribution in [0.5, 0.6) is 0 Å². The van der Waals surface area contributed by atoms with Gasteiger partial charge in [0.05, 0.1) is 5.52 Å². The summed E-state index contributed by atoms with van der Waals surface area (Å²) in [6.07, 6.45) is 5.10. The minimum absolute atomic E-state index is 0.202. The molecule has 2 nitrogen and oxygen atoms in total. The molecule has 1 heterocycles. The van der Waals surface area contributed by atoms with E-state index in [4.69, 9.17) is 11.6 Å². The molecule has 0 unspecified atom stereocenters. The number of hydrogen-bond donors (Lipinski definition) is 0. The lowest BCUT2D eigenvalue weighted by Gasteiger charge is -2.42. The van der Waals surface area contributed by atoms with Gasteiger partial charge >= 0.3 is 0 Å². The zero-order valence-corrected chi connectivity index (χ0v) is 12.9. The number of fused-ring (bicyclic) bond motifs is 1. The Morgan fingerprint density at radius 3 is 2.67 bits per heavy atom. The van der Waals surface area contributed by atoms with Crippen molar-refractivity contribution in [3.8, 4) is 0 Å². The van der Waals surface area contributed by atoms with E-state index < -0.39 is 11.6 Å². The van der Waals surface area contributed by atoms with Crippen molar-refractivity contribution in [2.75, 3.05) is 5.88 Å². The largest absolute Gasteiger partial charge is 0.325 e. The Morgan fingerprint density at radius 1 is 1.33 bits per heavy atom. The summed E-state index contributed by atoms with van der Waals surface area (Å²) in [7, 11) is 0. The number of aromatic nitrogens is 2. The van der Waals surface area contributed by atoms with Crippen molar-refractivity contribution in [2.45, 2.75) is 45.6 Å². The van der Waals surface area contributed by atoms with Gasteiger partial charge in [-0.2, -0.15) is 0 Å². The van der Waals surface area contributed by atoms with E-state index in [9.17, 15) is 8.78 Å². The topological polar surface area (TPSA) is 17.8 Å². The van der Waals surface area contributed by atoms with Gasteiger partial charge in [-0.15, -0.1) is 11.6 Å². The monoisotopic (exact) mass is 312 g/mol. The molecule has 1 saturated carbocycles. The molecule has 0 bridgehead atoms. The maximum Gasteiger partial charge on any atom is 0.184 e. The van der Waals surface area contributed by atoms with E-state index in [0.29, 0.717) is 24.4 Å². The predicted molar refractivity (Wildman–Crippen MR) is 80.6 cm³/mol. The maximum absolute atomic E-state index is 14.2. The number of alkyl halides is 1. The molecule has 0 N–H and O–H groups in total. The highest BCUT2D eigenvalue weighted by Gasteiger charge is 2.36. The fourth-order valence-corrected chi connectivity index (χ4v) is 3.46. The standard InChI is InChI=1S/C16H19ClF2N2/c1-2-16(7-3-8-16)10-21-13(6-9-17)20-12-5-4-11(18)14(19)15(12)21/h4-5H,2-3,6-10H2,1H3. The second-order valence-electron chi connectivity index (χ2n) is 5.99. The van der Waals surface area contributed by atoms with Gasteiger partial charge in [0.1, 0.15) is 11.3 Å². The second kappa shape index (κ2) is 5.56. The van der Waals surface area contributed by atoms with E-state index in [2.05, 4.69) is 11.9 Å². The van der Waals surface area contributed by atoms with Crippen molar-refractivity contribution in [3.63, 3.8) is 0 Å². The predicted octanol–water partition coefficient (Wildman–Crippen LogP) is 4.68. The minimum atomic E-state index is -0.819. The second-order valence-corrected chi connectivity index (χ2v) is 6.37. The van der Waals surface area contributed by atoms with Crippen molar-refractivity contribution < 1.29 is 8.78 Å². The summed E-state index contributed by atoms with van der Waals surface area (Å²) in [5, 5.41) is 0. The molecule has 0 atom stereocenters. The summed E-state index contributed by atoms with van der Waals surface area (Å²) < 4.78 is 29.7. The van der Waals surface area contributed by atoms with E-state index in [0.717, 1.165) is 31.2 Å². The summed E-state index contributed by atoms with van der Waals surface area (Å²) in [5.74, 6) is -0.442. The average molecular weight is 313 g/mol. The van der Waals surface area contributed by atoms with Crippen LogP contribution in [0.3, 0.4) is 0 Å². The van der Waals surface area contributed by atoms with Crippen molar-refractivity contribution in [1.82, 2.24) is 9.55 Å². The number of benzene rings is 1. The summed E-state index contributed by atoms with van der Waals surface area (Å²) in [6.45, 7) is 2.86. The Kier molecular flexibility index (Phi) is 3.91. The first-order chi connectivity index (χ1) is 10.1. The molecule has 2 aromatic rings. The number of rotatable bonds is 5. The highest BCUT2D eigenvalue weighted by molar-refractivity contribution is 6.17. The number of nitrogens with zero attached hydrogens (tertiary/aromatic N) is 2. The highest BCUT2D eigenvalue weighted by Crippen LogP contribution is 2.46. The quantitative estimate of drug-likeness (QED) is 0.733. The Morgan fingerprint density at radius 2 is 2.10 bits per heavy atom. The van der Waals surface area contributed by atoms with Crippen LogP contribution in [0.25, 0.3) is 11.0 Å². The summed E-state index contributed by atoms with van der Waals surface area (Å²) in [5.41, 5.74) is 1.00. The van der Waals surface area contributed by atoms with Crippen LogP contribution in [-0.2, 0) is 13.0 Å². The number of imidazole rings is 1. The fourth-order valence-electron chi connectivity index (χ4n) is 3.29. The van der Waals surface area contributed by atoms with Crippen LogP contribution in [0, 0.1) is 17.0 Å². The normalized spacial score (nSPS) is 17.1. The third-order valence-electron chi connectivity index (χ3n) is 4.85. The lowest BCUT2D eigenvalue weighted by Crippen LogP contribution is -2.34. The molecule has 114 valence electrons. The van der Waals surface area contributed by atoms with E-state index in [-0.39, 0.29) is 10.9 Å². The first-order valence-corrected chi connectivity index (χ1v) is 8.03. The van der Waals surface area contributed by atoms with Gasteiger partial charge < -0.3 is 4.57 Å². The van der Waals surface area contributed by atoms with E-state index >= 15 is 0 Å². The molecule has 0 aliphatic heterocycles. The van der Waals surface area contributed by atoms with Crippen molar-refractivity contribution in [3.05, 3.63) is 29.6 Å². The molecule has 1 fully saturated rings. The zero-order chi connectivity index (χ0) is 15.0. The summed E-state index contributed by atoms with van der Waals surface area (Å²) >= 11 is 5.84. The van der Waals surface area contributed by atoms with Crippen LogP contribution in [-0.4, -0.2) is 15.4 Å². The zero-order valence-electron chi connectivity index (χ0n) is 12.1. The van der Waals surface area contributed by atoms with Gasteiger partial charge in [0.15, 0.2) is 11.6 Å². The SMILES string of the molecule is CCC1(Cn2c(CCCl)nc3ccc(F)c(F)c32)CCC1. The minimum Gasteiger partial charge on any atom is -0.325 e. The summed E-state index contributed by atoms with van der Waals surface area (Å²) in [6, 6.07) is 2.68. The molecule has 5 heteroatoms. The lowest BCUT2D eigenvalue weighted by molar-refractivity contribution is 0.101. The van der Waals surface area contributed by atoms with Gasteiger partial charge in [0, 0.05) is 18.8 Å². The third-order valence-corrected chi connectivity index (χ3v) is 5.04. The first-order valence-electron chi connectivity index (χ1n) is 7.49. The van der Waals surface area contributed by atoms with Crippen LogP contribution in [0.4, 0.5) is 8.78 Å². The third kappa shape index (κ3) is 2.44. The molecule has 0 radical (unpaired) electrons. The molecule has 21 heavy (non-hydrogen) atoms. The number of hydrogen-bond acceptors (Lipinski definition) is 1. The van der Waals surface area contributed by atoms with E-state index in [1.807, 2.05) is 4.57 Å². The molecule has 1 aliphatic carbocycles. The lowest BCUT2D eigenvalue weighted by atomic mass is 9.67.